The van der Waals surface area contributed by atoms with Gasteiger partial charge in [0.25, 0.3) is 0 Å². The minimum atomic E-state index is 0.757. The second kappa shape index (κ2) is 5.89. The van der Waals surface area contributed by atoms with Crippen LogP contribution in [0.15, 0.2) is 30.5 Å². The maximum Gasteiger partial charge on any atom is 0.0743 e. The molecular formula is C15H22N4. The van der Waals surface area contributed by atoms with Gasteiger partial charge in [-0.25, -0.2) is 0 Å². The van der Waals surface area contributed by atoms with Crippen molar-refractivity contribution >= 4 is 22.3 Å². The van der Waals surface area contributed by atoms with Crippen molar-refractivity contribution in [3.63, 3.8) is 0 Å². The van der Waals surface area contributed by atoms with E-state index in [1.807, 2.05) is 18.3 Å². The molecule has 0 aliphatic heterocycles. The molecule has 2 aromatic rings. The Bertz CT molecular complexity index is 551. The molecule has 0 aliphatic rings. The molecule has 0 saturated carbocycles. The first-order valence-electron chi connectivity index (χ1n) is 6.58. The molecule has 0 radical (unpaired) electrons. The first kappa shape index (κ1) is 13.6. The zero-order valence-corrected chi connectivity index (χ0v) is 11.9. The Labute approximate surface area is 114 Å². The summed E-state index contributed by atoms with van der Waals surface area (Å²) in [5.41, 5.74) is 8.73. The van der Waals surface area contributed by atoms with Crippen molar-refractivity contribution in [2.75, 3.05) is 44.9 Å². The van der Waals surface area contributed by atoms with Gasteiger partial charge in [-0.1, -0.05) is 0 Å². The third-order valence-corrected chi connectivity index (χ3v) is 3.25. The first-order chi connectivity index (χ1) is 9.08. The van der Waals surface area contributed by atoms with Crippen LogP contribution in [0.2, 0.25) is 0 Å². The van der Waals surface area contributed by atoms with E-state index in [0.29, 0.717) is 0 Å². The van der Waals surface area contributed by atoms with Crippen LogP contribution in [0, 0.1) is 0 Å². The Morgan fingerprint density at radius 2 is 1.89 bits per heavy atom. The van der Waals surface area contributed by atoms with Gasteiger partial charge in [0.1, 0.15) is 0 Å². The Morgan fingerprint density at radius 1 is 1.11 bits per heavy atom. The standard InChI is InChI=1S/C15H22N4/c1-18(2)9-4-10-19(3)15-7-8-17-14-11-12(16)5-6-13(14)15/h5-8,11H,4,9-10,16H2,1-3H3. The third-order valence-electron chi connectivity index (χ3n) is 3.25. The molecule has 0 aliphatic carbocycles. The molecule has 0 atom stereocenters. The van der Waals surface area contributed by atoms with Crippen LogP contribution in [-0.2, 0) is 0 Å². The zero-order valence-electron chi connectivity index (χ0n) is 11.9. The lowest BCUT2D eigenvalue weighted by atomic mass is 10.1. The smallest absolute Gasteiger partial charge is 0.0743 e. The van der Waals surface area contributed by atoms with E-state index >= 15 is 0 Å². The number of nitrogens with zero attached hydrogens (tertiary/aromatic N) is 3. The minimum Gasteiger partial charge on any atom is -0.399 e. The van der Waals surface area contributed by atoms with Gasteiger partial charge in [0.2, 0.25) is 0 Å². The quantitative estimate of drug-likeness (QED) is 0.835. The van der Waals surface area contributed by atoms with Crippen molar-refractivity contribution in [2.24, 2.45) is 0 Å². The van der Waals surface area contributed by atoms with E-state index in [4.69, 9.17) is 5.73 Å². The van der Waals surface area contributed by atoms with Crippen molar-refractivity contribution in [3.05, 3.63) is 30.5 Å². The van der Waals surface area contributed by atoms with E-state index in [1.54, 1.807) is 0 Å². The number of anilines is 2. The van der Waals surface area contributed by atoms with Crippen LogP contribution in [0.5, 0.6) is 0 Å². The van der Waals surface area contributed by atoms with E-state index in [9.17, 15) is 0 Å². The Kier molecular flexibility index (Phi) is 4.22. The summed E-state index contributed by atoms with van der Waals surface area (Å²) in [5.74, 6) is 0. The Morgan fingerprint density at radius 3 is 2.63 bits per heavy atom. The van der Waals surface area contributed by atoms with E-state index in [1.165, 1.54) is 5.69 Å². The van der Waals surface area contributed by atoms with Crippen LogP contribution in [-0.4, -0.2) is 44.1 Å². The summed E-state index contributed by atoms with van der Waals surface area (Å²) < 4.78 is 0. The lowest BCUT2D eigenvalue weighted by Gasteiger charge is -2.22. The average molecular weight is 258 g/mol. The van der Waals surface area contributed by atoms with Crippen molar-refractivity contribution in [1.29, 1.82) is 0 Å². The van der Waals surface area contributed by atoms with Gasteiger partial charge in [0, 0.05) is 36.6 Å². The van der Waals surface area contributed by atoms with Crippen LogP contribution in [0.4, 0.5) is 11.4 Å². The predicted molar refractivity (Wildman–Crippen MR) is 82.6 cm³/mol. The molecule has 0 spiro atoms. The number of hydrogen-bond acceptors (Lipinski definition) is 4. The SMILES string of the molecule is CN(C)CCCN(C)c1ccnc2cc(N)ccc12. The van der Waals surface area contributed by atoms with Crippen LogP contribution in [0.1, 0.15) is 6.42 Å². The van der Waals surface area contributed by atoms with Crippen molar-refractivity contribution in [2.45, 2.75) is 6.42 Å². The molecule has 2 N–H and O–H groups in total. The van der Waals surface area contributed by atoms with Gasteiger partial charge >= 0.3 is 0 Å². The fourth-order valence-corrected chi connectivity index (χ4v) is 2.23. The van der Waals surface area contributed by atoms with Gasteiger partial charge < -0.3 is 15.5 Å². The van der Waals surface area contributed by atoms with Gasteiger partial charge in [0.05, 0.1) is 5.52 Å². The number of nitrogen functional groups attached to an aromatic ring is 1. The number of pyridine rings is 1. The van der Waals surface area contributed by atoms with Gasteiger partial charge in [-0.3, -0.25) is 4.98 Å². The molecular weight excluding hydrogens is 236 g/mol. The molecule has 4 nitrogen and oxygen atoms in total. The topological polar surface area (TPSA) is 45.4 Å². The summed E-state index contributed by atoms with van der Waals surface area (Å²) in [6.45, 7) is 2.13. The number of rotatable bonds is 5. The summed E-state index contributed by atoms with van der Waals surface area (Å²) in [5, 5.41) is 1.16. The lowest BCUT2D eigenvalue weighted by Crippen LogP contribution is -2.23. The van der Waals surface area contributed by atoms with Crippen LogP contribution in [0.3, 0.4) is 0 Å². The number of fused-ring (bicyclic) bond motifs is 1. The van der Waals surface area contributed by atoms with E-state index in [0.717, 1.165) is 36.1 Å². The first-order valence-corrected chi connectivity index (χ1v) is 6.58. The highest BCUT2D eigenvalue weighted by atomic mass is 15.1. The highest BCUT2D eigenvalue weighted by Crippen LogP contribution is 2.25. The summed E-state index contributed by atoms with van der Waals surface area (Å²) in [6.07, 6.45) is 2.99. The molecule has 1 aromatic heterocycles. The molecule has 1 heterocycles. The van der Waals surface area contributed by atoms with Gasteiger partial charge in [0.15, 0.2) is 0 Å². The van der Waals surface area contributed by atoms with E-state index in [2.05, 4.69) is 48.1 Å². The maximum absolute atomic E-state index is 5.80. The third kappa shape index (κ3) is 3.35. The van der Waals surface area contributed by atoms with Crippen LogP contribution in [0.25, 0.3) is 10.9 Å². The lowest BCUT2D eigenvalue weighted by molar-refractivity contribution is 0.402. The van der Waals surface area contributed by atoms with E-state index < -0.39 is 0 Å². The molecule has 0 unspecified atom stereocenters. The second-order valence-electron chi connectivity index (χ2n) is 5.19. The normalized spacial score (nSPS) is 11.2. The molecule has 0 saturated heterocycles. The Balaban J connectivity index is 2.19. The summed E-state index contributed by atoms with van der Waals surface area (Å²) in [7, 11) is 6.33. The molecule has 102 valence electrons. The molecule has 1 aromatic carbocycles. The summed E-state index contributed by atoms with van der Waals surface area (Å²) >= 11 is 0. The largest absolute Gasteiger partial charge is 0.399 e. The fraction of sp³-hybridized carbons (Fsp3) is 0.400. The van der Waals surface area contributed by atoms with Crippen LogP contribution < -0.4 is 10.6 Å². The van der Waals surface area contributed by atoms with Gasteiger partial charge in [-0.05, 0) is 51.3 Å². The van der Waals surface area contributed by atoms with Crippen molar-refractivity contribution in [3.8, 4) is 0 Å². The maximum atomic E-state index is 5.80. The number of aromatic nitrogens is 1. The average Bonchev–Trinajstić information content (AvgIpc) is 2.37. The molecule has 0 amide bonds. The second-order valence-corrected chi connectivity index (χ2v) is 5.19. The van der Waals surface area contributed by atoms with Crippen LogP contribution >= 0.6 is 0 Å². The summed E-state index contributed by atoms with van der Waals surface area (Å²) in [6, 6.07) is 7.97. The Hall–Kier alpha value is -1.81. The monoisotopic (exact) mass is 258 g/mol. The highest BCUT2D eigenvalue weighted by molar-refractivity contribution is 5.93. The zero-order chi connectivity index (χ0) is 13.8. The molecule has 4 heteroatoms. The van der Waals surface area contributed by atoms with Crippen molar-refractivity contribution < 1.29 is 0 Å². The predicted octanol–water partition coefficient (Wildman–Crippen LogP) is 2.20. The van der Waals surface area contributed by atoms with E-state index in [-0.39, 0.29) is 0 Å². The minimum absolute atomic E-state index is 0.757. The molecule has 0 bridgehead atoms. The number of hydrogen-bond donors (Lipinski definition) is 1. The van der Waals surface area contributed by atoms with Crippen molar-refractivity contribution in [1.82, 2.24) is 9.88 Å². The number of nitrogens with two attached hydrogens (primary N) is 1. The van der Waals surface area contributed by atoms with Gasteiger partial charge in [-0.15, -0.1) is 0 Å². The highest BCUT2D eigenvalue weighted by Gasteiger charge is 2.07. The molecule has 19 heavy (non-hydrogen) atoms. The molecule has 0 fully saturated rings. The summed E-state index contributed by atoms with van der Waals surface area (Å²) in [4.78, 5) is 8.87. The fourth-order valence-electron chi connectivity index (χ4n) is 2.23. The molecule has 2 rings (SSSR count). The number of benzene rings is 1. The van der Waals surface area contributed by atoms with Gasteiger partial charge in [-0.2, -0.15) is 0 Å².